The van der Waals surface area contributed by atoms with E-state index in [9.17, 15) is 8.42 Å². The third-order valence-electron chi connectivity index (χ3n) is 3.39. The number of hydrogen-bond acceptors (Lipinski definition) is 2. The molecule has 1 aliphatic heterocycles. The molecular formula is C12H15BrClNO2S. The molecule has 18 heavy (non-hydrogen) atoms. The van der Waals surface area contributed by atoms with E-state index in [-0.39, 0.29) is 10.9 Å². The van der Waals surface area contributed by atoms with E-state index in [1.807, 2.05) is 0 Å². The van der Waals surface area contributed by atoms with E-state index in [4.69, 9.17) is 11.6 Å². The van der Waals surface area contributed by atoms with Crippen LogP contribution in [0.3, 0.4) is 0 Å². The fourth-order valence-electron chi connectivity index (χ4n) is 2.26. The molecule has 1 aromatic rings. The maximum atomic E-state index is 12.5. The maximum absolute atomic E-state index is 12.5. The summed E-state index contributed by atoms with van der Waals surface area (Å²) in [6.07, 6.45) is 0.899. The molecule has 0 saturated carbocycles. The van der Waals surface area contributed by atoms with Crippen molar-refractivity contribution in [1.29, 1.82) is 0 Å². The third kappa shape index (κ3) is 2.59. The Morgan fingerprint density at radius 3 is 2.83 bits per heavy atom. The number of benzene rings is 1. The standard InChI is InChI=1S/C12H15BrClNO2S/c1-9-5-6-15(12(9)8-13)18(16,17)11-4-2-3-10(14)7-11/h2-4,7,9,12H,5-6,8H2,1H3. The summed E-state index contributed by atoms with van der Waals surface area (Å²) in [6, 6.07) is 6.46. The number of halogens is 2. The molecule has 0 spiro atoms. The minimum Gasteiger partial charge on any atom is -0.207 e. The van der Waals surface area contributed by atoms with Gasteiger partial charge in [0.2, 0.25) is 10.0 Å². The summed E-state index contributed by atoms with van der Waals surface area (Å²) in [7, 11) is -3.44. The van der Waals surface area contributed by atoms with Crippen LogP contribution in [0.15, 0.2) is 29.2 Å². The first-order valence-corrected chi connectivity index (χ1v) is 8.74. The molecule has 0 radical (unpaired) electrons. The molecular weight excluding hydrogens is 338 g/mol. The number of alkyl halides is 1. The minimum atomic E-state index is -3.44. The van der Waals surface area contributed by atoms with E-state index in [1.54, 1.807) is 22.5 Å². The Bertz CT molecular complexity index is 535. The molecule has 2 unspecified atom stereocenters. The monoisotopic (exact) mass is 351 g/mol. The highest BCUT2D eigenvalue weighted by Gasteiger charge is 2.38. The molecule has 2 rings (SSSR count). The predicted octanol–water partition coefficient (Wildman–Crippen LogP) is 3.13. The average molecular weight is 353 g/mol. The van der Waals surface area contributed by atoms with Gasteiger partial charge in [-0.05, 0) is 30.5 Å². The van der Waals surface area contributed by atoms with Crippen molar-refractivity contribution < 1.29 is 8.42 Å². The van der Waals surface area contributed by atoms with Crippen molar-refractivity contribution in [3.05, 3.63) is 29.3 Å². The van der Waals surface area contributed by atoms with E-state index in [0.29, 0.717) is 22.8 Å². The molecule has 0 bridgehead atoms. The molecule has 1 fully saturated rings. The zero-order valence-electron chi connectivity index (χ0n) is 10.0. The molecule has 0 aromatic heterocycles. The van der Waals surface area contributed by atoms with E-state index in [2.05, 4.69) is 22.9 Å². The van der Waals surface area contributed by atoms with Crippen LogP contribution >= 0.6 is 27.5 Å². The Labute approximate surface area is 121 Å². The normalized spacial score (nSPS) is 25.5. The Balaban J connectivity index is 2.37. The van der Waals surface area contributed by atoms with Gasteiger partial charge in [-0.2, -0.15) is 4.31 Å². The highest BCUT2D eigenvalue weighted by Crippen LogP contribution is 2.31. The van der Waals surface area contributed by atoms with Crippen LogP contribution in [0.5, 0.6) is 0 Å². The first-order valence-electron chi connectivity index (χ1n) is 5.80. The highest BCUT2D eigenvalue weighted by molar-refractivity contribution is 9.09. The van der Waals surface area contributed by atoms with Crippen molar-refractivity contribution in [3.8, 4) is 0 Å². The predicted molar refractivity (Wildman–Crippen MR) is 76.7 cm³/mol. The first-order chi connectivity index (χ1) is 8.46. The SMILES string of the molecule is CC1CCN(S(=O)(=O)c2cccc(Cl)c2)C1CBr. The van der Waals surface area contributed by atoms with Crippen LogP contribution < -0.4 is 0 Å². The molecule has 3 nitrogen and oxygen atoms in total. The summed E-state index contributed by atoms with van der Waals surface area (Å²) in [5.41, 5.74) is 0. The lowest BCUT2D eigenvalue weighted by atomic mass is 10.1. The quantitative estimate of drug-likeness (QED) is 0.784. The number of hydrogen-bond donors (Lipinski definition) is 0. The Morgan fingerprint density at radius 2 is 2.22 bits per heavy atom. The van der Waals surface area contributed by atoms with Crippen molar-refractivity contribution in [3.63, 3.8) is 0 Å². The molecule has 1 aromatic carbocycles. The van der Waals surface area contributed by atoms with Crippen molar-refractivity contribution in [2.75, 3.05) is 11.9 Å². The molecule has 6 heteroatoms. The average Bonchev–Trinajstić information content (AvgIpc) is 2.71. The lowest BCUT2D eigenvalue weighted by molar-refractivity contribution is 0.378. The minimum absolute atomic E-state index is 0.0222. The summed E-state index contributed by atoms with van der Waals surface area (Å²) in [5, 5.41) is 1.10. The van der Waals surface area contributed by atoms with Crippen molar-refractivity contribution in [2.24, 2.45) is 5.92 Å². The van der Waals surface area contributed by atoms with Gasteiger partial charge in [0.1, 0.15) is 0 Å². The van der Waals surface area contributed by atoms with Crippen LogP contribution in [-0.4, -0.2) is 30.6 Å². The van der Waals surface area contributed by atoms with Gasteiger partial charge in [0.25, 0.3) is 0 Å². The van der Waals surface area contributed by atoms with Gasteiger partial charge in [0.15, 0.2) is 0 Å². The second-order valence-corrected chi connectivity index (χ2v) is 7.54. The van der Waals surface area contributed by atoms with E-state index in [0.717, 1.165) is 6.42 Å². The smallest absolute Gasteiger partial charge is 0.207 e. The van der Waals surface area contributed by atoms with Crippen LogP contribution in [0.1, 0.15) is 13.3 Å². The van der Waals surface area contributed by atoms with E-state index in [1.165, 1.54) is 6.07 Å². The lowest BCUT2D eigenvalue weighted by Crippen LogP contribution is -2.38. The molecule has 1 aliphatic rings. The summed E-state index contributed by atoms with van der Waals surface area (Å²) in [6.45, 7) is 2.66. The lowest BCUT2D eigenvalue weighted by Gasteiger charge is -2.24. The second kappa shape index (κ2) is 5.49. The summed E-state index contributed by atoms with van der Waals surface area (Å²) < 4.78 is 26.7. The summed E-state index contributed by atoms with van der Waals surface area (Å²) in [4.78, 5) is 0.273. The highest BCUT2D eigenvalue weighted by atomic mass is 79.9. The molecule has 0 amide bonds. The van der Waals surface area contributed by atoms with Gasteiger partial charge in [-0.15, -0.1) is 0 Å². The molecule has 0 aliphatic carbocycles. The summed E-state index contributed by atoms with van der Waals surface area (Å²) >= 11 is 9.27. The van der Waals surface area contributed by atoms with Gasteiger partial charge in [-0.25, -0.2) is 8.42 Å². The maximum Gasteiger partial charge on any atom is 0.243 e. The number of rotatable bonds is 3. The van der Waals surface area contributed by atoms with E-state index >= 15 is 0 Å². The zero-order chi connectivity index (χ0) is 13.3. The van der Waals surface area contributed by atoms with Crippen LogP contribution in [0.2, 0.25) is 5.02 Å². The van der Waals surface area contributed by atoms with Gasteiger partial charge in [0, 0.05) is 22.9 Å². The molecule has 0 N–H and O–H groups in total. The van der Waals surface area contributed by atoms with Crippen LogP contribution in [0, 0.1) is 5.92 Å². The van der Waals surface area contributed by atoms with Crippen molar-refractivity contribution in [1.82, 2.24) is 4.31 Å². The van der Waals surface area contributed by atoms with Crippen LogP contribution in [-0.2, 0) is 10.0 Å². The zero-order valence-corrected chi connectivity index (χ0v) is 13.2. The largest absolute Gasteiger partial charge is 0.243 e. The van der Waals surface area contributed by atoms with Gasteiger partial charge in [0.05, 0.1) is 4.90 Å². The van der Waals surface area contributed by atoms with Crippen molar-refractivity contribution >= 4 is 37.6 Å². The van der Waals surface area contributed by atoms with Crippen LogP contribution in [0.4, 0.5) is 0 Å². The number of nitrogens with zero attached hydrogens (tertiary/aromatic N) is 1. The molecule has 1 heterocycles. The Kier molecular flexibility index (Phi) is 4.36. The summed E-state index contributed by atoms with van der Waals surface area (Å²) in [5.74, 6) is 0.373. The second-order valence-electron chi connectivity index (χ2n) is 4.56. The first kappa shape index (κ1) is 14.3. The molecule has 2 atom stereocenters. The molecule has 100 valence electrons. The Hall–Kier alpha value is -0.100. The number of sulfonamides is 1. The van der Waals surface area contributed by atoms with Crippen LogP contribution in [0.25, 0.3) is 0 Å². The van der Waals surface area contributed by atoms with Gasteiger partial charge < -0.3 is 0 Å². The van der Waals surface area contributed by atoms with Gasteiger partial charge in [-0.3, -0.25) is 0 Å². The Morgan fingerprint density at radius 1 is 1.50 bits per heavy atom. The fourth-order valence-corrected chi connectivity index (χ4v) is 5.48. The van der Waals surface area contributed by atoms with Crippen molar-refractivity contribution in [2.45, 2.75) is 24.3 Å². The fraction of sp³-hybridized carbons (Fsp3) is 0.500. The van der Waals surface area contributed by atoms with E-state index < -0.39 is 10.0 Å². The third-order valence-corrected chi connectivity index (χ3v) is 6.21. The topological polar surface area (TPSA) is 37.4 Å². The van der Waals surface area contributed by atoms with Gasteiger partial charge in [-0.1, -0.05) is 40.5 Å². The van der Waals surface area contributed by atoms with Gasteiger partial charge >= 0.3 is 0 Å². The molecule has 1 saturated heterocycles.